The number of benzene rings is 2. The molecule has 128 valence electrons. The van der Waals surface area contributed by atoms with Crippen molar-refractivity contribution in [3.05, 3.63) is 68.8 Å². The highest BCUT2D eigenvalue weighted by Crippen LogP contribution is 2.37. The van der Waals surface area contributed by atoms with E-state index in [-0.39, 0.29) is 5.92 Å². The van der Waals surface area contributed by atoms with Crippen LogP contribution in [0.3, 0.4) is 0 Å². The molecule has 0 saturated carbocycles. The largest absolute Gasteiger partial charge is 0.507 e. The fourth-order valence-electron chi connectivity index (χ4n) is 3.97. The maximum atomic E-state index is 11.3. The van der Waals surface area contributed by atoms with Crippen LogP contribution in [0.2, 0.25) is 0 Å². The van der Waals surface area contributed by atoms with Crippen LogP contribution in [0.4, 0.5) is 0 Å². The van der Waals surface area contributed by atoms with Gasteiger partial charge in [-0.2, -0.15) is 0 Å². The Bertz CT molecular complexity index is 761. The lowest BCUT2D eigenvalue weighted by molar-refractivity contribution is 0.508. The highest BCUT2D eigenvalue weighted by atomic mass is 16.3. The Morgan fingerprint density at radius 3 is 1.33 bits per heavy atom. The summed E-state index contributed by atoms with van der Waals surface area (Å²) in [5.41, 5.74) is 10.4. The zero-order valence-corrected chi connectivity index (χ0v) is 16.3. The van der Waals surface area contributed by atoms with Crippen LogP contribution in [0.15, 0.2) is 24.3 Å². The Balaban J connectivity index is 2.83. The molecule has 2 aromatic rings. The second kappa shape index (κ2) is 6.84. The summed E-state index contributed by atoms with van der Waals surface area (Å²) in [6.07, 6.45) is 0. The lowest BCUT2D eigenvalue weighted by Gasteiger charge is -2.22. The van der Waals surface area contributed by atoms with Gasteiger partial charge in [-0.25, -0.2) is 0 Å². The lowest BCUT2D eigenvalue weighted by atomic mass is 9.84. The average Bonchev–Trinajstić information content (AvgIpc) is 2.40. The Labute approximate surface area is 147 Å². The van der Waals surface area contributed by atoms with E-state index >= 15 is 0 Å². The third-order valence-electron chi connectivity index (χ3n) is 4.69. The molecule has 24 heavy (non-hydrogen) atoms. The van der Waals surface area contributed by atoms with E-state index in [2.05, 4.69) is 79.7 Å². The molecular formula is C23H30O. The molecule has 0 saturated heterocycles. The Morgan fingerprint density at radius 2 is 1.00 bits per heavy atom. The van der Waals surface area contributed by atoms with Gasteiger partial charge in [0.1, 0.15) is 5.76 Å². The van der Waals surface area contributed by atoms with E-state index in [1.807, 2.05) is 0 Å². The molecule has 1 heteroatoms. The molecule has 0 amide bonds. The van der Waals surface area contributed by atoms with Gasteiger partial charge in [0.05, 0.1) is 0 Å². The number of allylic oxidation sites excluding steroid dienone is 1. The summed E-state index contributed by atoms with van der Waals surface area (Å²) in [6, 6.07) is 8.69. The van der Waals surface area contributed by atoms with Gasteiger partial charge in [0, 0.05) is 11.1 Å². The minimum Gasteiger partial charge on any atom is -0.507 e. The number of hydrogen-bond donors (Lipinski definition) is 1. The van der Waals surface area contributed by atoms with Crippen LogP contribution in [0.5, 0.6) is 0 Å². The van der Waals surface area contributed by atoms with Gasteiger partial charge in [-0.1, -0.05) is 49.2 Å². The van der Waals surface area contributed by atoms with Crippen LogP contribution in [-0.4, -0.2) is 5.11 Å². The van der Waals surface area contributed by atoms with Crippen molar-refractivity contribution < 1.29 is 5.11 Å². The maximum absolute atomic E-state index is 11.3. The summed E-state index contributed by atoms with van der Waals surface area (Å²) in [4.78, 5) is 0. The molecule has 0 atom stereocenters. The quantitative estimate of drug-likeness (QED) is 0.497. The molecule has 2 rings (SSSR count). The van der Waals surface area contributed by atoms with Gasteiger partial charge in [0.2, 0.25) is 0 Å². The smallest absolute Gasteiger partial charge is 0.127 e. The molecule has 1 nitrogen and oxygen atoms in total. The first-order valence-electron chi connectivity index (χ1n) is 8.73. The molecule has 0 aliphatic rings. The second-order valence-corrected chi connectivity index (χ2v) is 7.46. The molecule has 0 radical (unpaired) electrons. The SMILES string of the molecule is Cc1cc(C)c(/C(O)=C(/c2c(C)cc(C)cc2C)C(C)C)c(C)c1. The molecular weight excluding hydrogens is 292 g/mol. The molecule has 0 aliphatic heterocycles. The minimum absolute atomic E-state index is 0.241. The van der Waals surface area contributed by atoms with Crippen molar-refractivity contribution in [3.63, 3.8) is 0 Å². The summed E-state index contributed by atoms with van der Waals surface area (Å²) >= 11 is 0. The third kappa shape index (κ3) is 3.40. The first-order valence-corrected chi connectivity index (χ1v) is 8.73. The summed E-state index contributed by atoms with van der Waals surface area (Å²) in [7, 11) is 0. The van der Waals surface area contributed by atoms with Crippen molar-refractivity contribution in [2.75, 3.05) is 0 Å². The van der Waals surface area contributed by atoms with Gasteiger partial charge >= 0.3 is 0 Å². The monoisotopic (exact) mass is 322 g/mol. The normalized spacial score (nSPS) is 12.5. The summed E-state index contributed by atoms with van der Waals surface area (Å²) < 4.78 is 0. The van der Waals surface area contributed by atoms with E-state index in [0.29, 0.717) is 5.76 Å². The van der Waals surface area contributed by atoms with Crippen LogP contribution in [0.25, 0.3) is 11.3 Å². The molecule has 0 aromatic heterocycles. The number of aryl methyl sites for hydroxylation is 6. The standard InChI is InChI=1S/C23H30O/c1-13(2)20(21-16(5)9-14(3)10-17(21)6)23(24)22-18(7)11-15(4)12-19(22)8/h9-13,24H,1-8H3/b23-20-. The number of aliphatic hydroxyl groups excluding tert-OH is 1. The van der Waals surface area contributed by atoms with Gasteiger partial charge in [0.15, 0.2) is 0 Å². The molecule has 1 N–H and O–H groups in total. The summed E-state index contributed by atoms with van der Waals surface area (Å²) in [5, 5.41) is 11.3. The molecule has 0 unspecified atom stereocenters. The Morgan fingerprint density at radius 1 is 0.667 bits per heavy atom. The predicted octanol–water partition coefficient (Wildman–Crippen LogP) is 6.62. The first-order chi connectivity index (χ1) is 11.1. The van der Waals surface area contributed by atoms with Crippen molar-refractivity contribution in [2.24, 2.45) is 5.92 Å². The summed E-state index contributed by atoms with van der Waals surface area (Å²) in [6.45, 7) is 17.0. The van der Waals surface area contributed by atoms with E-state index in [9.17, 15) is 5.11 Å². The Kier molecular flexibility index (Phi) is 5.22. The van der Waals surface area contributed by atoms with Crippen molar-refractivity contribution in [2.45, 2.75) is 55.4 Å². The fraction of sp³-hybridized carbons (Fsp3) is 0.391. The zero-order chi connectivity index (χ0) is 18.2. The molecule has 0 aliphatic carbocycles. The van der Waals surface area contributed by atoms with E-state index in [4.69, 9.17) is 0 Å². The third-order valence-corrected chi connectivity index (χ3v) is 4.69. The number of hydrogen-bond acceptors (Lipinski definition) is 1. The minimum atomic E-state index is 0.241. The van der Waals surface area contributed by atoms with Crippen LogP contribution < -0.4 is 0 Å². The van der Waals surface area contributed by atoms with Gasteiger partial charge in [-0.05, 0) is 75.3 Å². The lowest BCUT2D eigenvalue weighted by Crippen LogP contribution is -2.06. The van der Waals surface area contributed by atoms with Crippen LogP contribution in [0, 0.1) is 47.5 Å². The van der Waals surface area contributed by atoms with E-state index in [1.165, 1.54) is 27.8 Å². The van der Waals surface area contributed by atoms with Crippen LogP contribution >= 0.6 is 0 Å². The van der Waals surface area contributed by atoms with Gasteiger partial charge < -0.3 is 5.11 Å². The Hall–Kier alpha value is -2.02. The van der Waals surface area contributed by atoms with E-state index < -0.39 is 0 Å². The molecule has 0 fully saturated rings. The molecule has 0 bridgehead atoms. The van der Waals surface area contributed by atoms with Crippen LogP contribution in [0.1, 0.15) is 58.4 Å². The van der Waals surface area contributed by atoms with Crippen molar-refractivity contribution >= 4 is 11.3 Å². The highest BCUT2D eigenvalue weighted by Gasteiger charge is 2.20. The average molecular weight is 322 g/mol. The van der Waals surface area contributed by atoms with Gasteiger partial charge in [0.25, 0.3) is 0 Å². The molecule has 0 spiro atoms. The highest BCUT2D eigenvalue weighted by molar-refractivity contribution is 5.91. The predicted molar refractivity (Wildman–Crippen MR) is 106 cm³/mol. The van der Waals surface area contributed by atoms with E-state index in [0.717, 1.165) is 22.3 Å². The zero-order valence-electron chi connectivity index (χ0n) is 16.3. The topological polar surface area (TPSA) is 20.2 Å². The molecule has 2 aromatic carbocycles. The number of rotatable bonds is 3. The van der Waals surface area contributed by atoms with E-state index in [1.54, 1.807) is 0 Å². The fourth-order valence-corrected chi connectivity index (χ4v) is 3.97. The summed E-state index contributed by atoms with van der Waals surface area (Å²) in [5.74, 6) is 0.667. The molecule has 0 heterocycles. The first kappa shape index (κ1) is 18.3. The van der Waals surface area contributed by atoms with Crippen molar-refractivity contribution in [1.82, 2.24) is 0 Å². The van der Waals surface area contributed by atoms with Crippen LogP contribution in [-0.2, 0) is 0 Å². The van der Waals surface area contributed by atoms with Gasteiger partial charge in [-0.15, -0.1) is 0 Å². The number of aliphatic hydroxyl groups is 1. The maximum Gasteiger partial charge on any atom is 0.127 e. The van der Waals surface area contributed by atoms with Crippen molar-refractivity contribution in [1.29, 1.82) is 0 Å². The second-order valence-electron chi connectivity index (χ2n) is 7.46. The van der Waals surface area contributed by atoms with Gasteiger partial charge in [-0.3, -0.25) is 0 Å². The van der Waals surface area contributed by atoms with Crippen molar-refractivity contribution in [3.8, 4) is 0 Å².